The van der Waals surface area contributed by atoms with Crippen molar-refractivity contribution in [2.24, 2.45) is 5.14 Å². The number of anilines is 1. The number of carbonyl (C=O) groups excluding carboxylic acids is 1. The predicted molar refractivity (Wildman–Crippen MR) is 93.6 cm³/mol. The van der Waals surface area contributed by atoms with E-state index < -0.39 is 10.0 Å². The van der Waals surface area contributed by atoms with E-state index in [-0.39, 0.29) is 16.1 Å². The predicted octanol–water partition coefficient (Wildman–Crippen LogP) is 2.59. The molecule has 0 saturated heterocycles. The van der Waals surface area contributed by atoms with Crippen molar-refractivity contribution in [1.82, 2.24) is 0 Å². The lowest BCUT2D eigenvalue weighted by Gasteiger charge is -2.12. The molecule has 0 heterocycles. The molecule has 0 spiro atoms. The lowest BCUT2D eigenvalue weighted by atomic mass is 10.2. The first-order valence-electron chi connectivity index (χ1n) is 6.95. The van der Waals surface area contributed by atoms with E-state index in [2.05, 4.69) is 5.32 Å². The third-order valence-corrected chi connectivity index (χ3v) is 5.31. The molecule has 0 saturated carbocycles. The number of nitrogens with two attached hydrogens (primary N) is 1. The third kappa shape index (κ3) is 5.38. The highest BCUT2D eigenvalue weighted by Gasteiger charge is 2.14. The van der Waals surface area contributed by atoms with Crippen LogP contribution < -0.4 is 10.5 Å². The first-order chi connectivity index (χ1) is 10.9. The van der Waals surface area contributed by atoms with Gasteiger partial charge in [0.05, 0.1) is 10.1 Å². The molecule has 0 aliphatic carbocycles. The summed E-state index contributed by atoms with van der Waals surface area (Å²) in [7, 11) is -3.72. The summed E-state index contributed by atoms with van der Waals surface area (Å²) in [5, 5.41) is 7.57. The molecule has 2 rings (SSSR count). The van der Waals surface area contributed by atoms with E-state index in [1.54, 1.807) is 0 Å². The molecule has 122 valence electrons. The first-order valence-corrected chi connectivity index (χ1v) is 9.55. The molecule has 5 nitrogen and oxygen atoms in total. The zero-order chi connectivity index (χ0) is 16.9. The minimum Gasteiger partial charge on any atom is -0.325 e. The fourth-order valence-electron chi connectivity index (χ4n) is 1.84. The zero-order valence-corrected chi connectivity index (χ0v) is 14.2. The number of thioether (sulfide) groups is 1. The van der Waals surface area contributed by atoms with E-state index >= 15 is 0 Å². The third-order valence-electron chi connectivity index (χ3n) is 3.16. The Balaban J connectivity index is 1.90. The van der Waals surface area contributed by atoms with Gasteiger partial charge in [-0.25, -0.2) is 13.6 Å². The molecule has 0 aliphatic rings. The van der Waals surface area contributed by atoms with Crippen molar-refractivity contribution in [3.05, 3.63) is 60.2 Å². The van der Waals surface area contributed by atoms with Gasteiger partial charge in [0.2, 0.25) is 15.9 Å². The van der Waals surface area contributed by atoms with Gasteiger partial charge in [0.25, 0.3) is 0 Å². The number of sulfonamides is 1. The summed E-state index contributed by atoms with van der Waals surface area (Å²) >= 11 is 1.54. The maximum Gasteiger partial charge on any atom is 0.238 e. The van der Waals surface area contributed by atoms with Gasteiger partial charge in [0, 0.05) is 11.4 Å². The van der Waals surface area contributed by atoms with Gasteiger partial charge in [-0.05, 0) is 36.8 Å². The molecule has 7 heteroatoms. The average Bonchev–Trinajstić information content (AvgIpc) is 2.53. The lowest BCUT2D eigenvalue weighted by molar-refractivity contribution is -0.115. The Morgan fingerprint density at radius 1 is 1.13 bits per heavy atom. The Labute approximate surface area is 140 Å². The fourth-order valence-corrected chi connectivity index (χ4v) is 3.20. The topological polar surface area (TPSA) is 89.3 Å². The largest absolute Gasteiger partial charge is 0.325 e. The van der Waals surface area contributed by atoms with Crippen molar-refractivity contribution in [3.63, 3.8) is 0 Å². The zero-order valence-electron chi connectivity index (χ0n) is 12.6. The minimum atomic E-state index is -3.72. The number of carbonyl (C=O) groups is 1. The molecule has 0 fully saturated rings. The summed E-state index contributed by atoms with van der Waals surface area (Å²) in [4.78, 5) is 12.2. The van der Waals surface area contributed by atoms with Crippen LogP contribution in [0, 0.1) is 0 Å². The molecular weight excluding hydrogens is 332 g/mol. The van der Waals surface area contributed by atoms with Crippen LogP contribution in [0.2, 0.25) is 0 Å². The van der Waals surface area contributed by atoms with Crippen LogP contribution in [0.15, 0.2) is 59.5 Å². The molecule has 1 unspecified atom stereocenters. The molecule has 3 N–H and O–H groups in total. The van der Waals surface area contributed by atoms with Crippen molar-refractivity contribution >= 4 is 33.4 Å². The number of amides is 1. The minimum absolute atomic E-state index is 0.0157. The summed E-state index contributed by atoms with van der Waals surface area (Å²) in [6, 6.07) is 15.7. The van der Waals surface area contributed by atoms with Crippen LogP contribution in [0.1, 0.15) is 12.5 Å². The molecule has 23 heavy (non-hydrogen) atoms. The van der Waals surface area contributed by atoms with Gasteiger partial charge in [0.1, 0.15) is 0 Å². The Hall–Kier alpha value is -1.83. The van der Waals surface area contributed by atoms with E-state index in [0.29, 0.717) is 5.69 Å². The Morgan fingerprint density at radius 2 is 1.74 bits per heavy atom. The summed E-state index contributed by atoms with van der Waals surface area (Å²) in [6.07, 6.45) is 0. The van der Waals surface area contributed by atoms with Crippen molar-refractivity contribution in [2.75, 3.05) is 5.32 Å². The monoisotopic (exact) mass is 350 g/mol. The number of hydrogen-bond donors (Lipinski definition) is 2. The van der Waals surface area contributed by atoms with Crippen molar-refractivity contribution < 1.29 is 13.2 Å². The normalized spacial score (nSPS) is 12.6. The average molecular weight is 350 g/mol. The van der Waals surface area contributed by atoms with Crippen LogP contribution in [0.5, 0.6) is 0 Å². The Morgan fingerprint density at radius 3 is 2.30 bits per heavy atom. The SMILES string of the molecule is CC(SCc1ccccc1)C(=O)Nc1ccc(S(N)(=O)=O)cc1. The highest BCUT2D eigenvalue weighted by molar-refractivity contribution is 7.99. The summed E-state index contributed by atoms with van der Waals surface area (Å²) in [5.41, 5.74) is 1.70. The highest BCUT2D eigenvalue weighted by atomic mass is 32.2. The van der Waals surface area contributed by atoms with Crippen LogP contribution in [0.4, 0.5) is 5.69 Å². The number of rotatable bonds is 6. The molecule has 1 amide bonds. The molecule has 0 aromatic heterocycles. The first kappa shape index (κ1) is 17.5. The van der Waals surface area contributed by atoms with E-state index in [9.17, 15) is 13.2 Å². The van der Waals surface area contributed by atoms with E-state index in [1.807, 2.05) is 37.3 Å². The molecule has 0 bridgehead atoms. The summed E-state index contributed by atoms with van der Waals surface area (Å²) < 4.78 is 22.4. The molecule has 2 aromatic rings. The van der Waals surface area contributed by atoms with Crippen LogP contribution in [0.25, 0.3) is 0 Å². The second-order valence-corrected chi connectivity index (χ2v) is 7.89. The second kappa shape index (κ2) is 7.63. The van der Waals surface area contributed by atoms with E-state index in [0.717, 1.165) is 11.3 Å². The van der Waals surface area contributed by atoms with Crippen LogP contribution in [0.3, 0.4) is 0 Å². The maximum absolute atomic E-state index is 12.1. The van der Waals surface area contributed by atoms with Crippen molar-refractivity contribution in [2.45, 2.75) is 22.8 Å². The highest BCUT2D eigenvalue weighted by Crippen LogP contribution is 2.20. The maximum atomic E-state index is 12.1. The van der Waals surface area contributed by atoms with Crippen LogP contribution >= 0.6 is 11.8 Å². The van der Waals surface area contributed by atoms with Gasteiger partial charge >= 0.3 is 0 Å². The molecule has 0 radical (unpaired) electrons. The molecule has 0 aliphatic heterocycles. The Bertz CT molecular complexity index is 760. The van der Waals surface area contributed by atoms with Gasteiger partial charge in [-0.3, -0.25) is 4.79 Å². The quantitative estimate of drug-likeness (QED) is 0.838. The number of nitrogens with one attached hydrogen (secondary N) is 1. The lowest BCUT2D eigenvalue weighted by Crippen LogP contribution is -2.22. The smallest absolute Gasteiger partial charge is 0.238 e. The second-order valence-electron chi connectivity index (χ2n) is 5.00. The number of primary sulfonamides is 1. The van der Waals surface area contributed by atoms with E-state index in [1.165, 1.54) is 36.0 Å². The number of hydrogen-bond acceptors (Lipinski definition) is 4. The van der Waals surface area contributed by atoms with Gasteiger partial charge in [0.15, 0.2) is 0 Å². The number of benzene rings is 2. The summed E-state index contributed by atoms with van der Waals surface area (Å²) in [6.45, 7) is 1.83. The van der Waals surface area contributed by atoms with E-state index in [4.69, 9.17) is 5.14 Å². The molecule has 2 aromatic carbocycles. The molecule has 1 atom stereocenters. The van der Waals surface area contributed by atoms with Gasteiger partial charge in [-0.2, -0.15) is 0 Å². The van der Waals surface area contributed by atoms with Crippen LogP contribution in [-0.2, 0) is 20.6 Å². The standard InChI is InChI=1S/C16H18N2O3S2/c1-12(22-11-13-5-3-2-4-6-13)16(19)18-14-7-9-15(10-8-14)23(17,20)21/h2-10,12H,11H2,1H3,(H,18,19)(H2,17,20,21). The Kier molecular flexibility index (Phi) is 5.81. The van der Waals surface area contributed by atoms with Crippen LogP contribution in [-0.4, -0.2) is 19.6 Å². The fraction of sp³-hybridized carbons (Fsp3) is 0.188. The molecular formula is C16H18N2O3S2. The van der Waals surface area contributed by atoms with Gasteiger partial charge in [-0.1, -0.05) is 30.3 Å². The van der Waals surface area contributed by atoms with Crippen molar-refractivity contribution in [1.29, 1.82) is 0 Å². The van der Waals surface area contributed by atoms with Crippen molar-refractivity contribution in [3.8, 4) is 0 Å². The van der Waals surface area contributed by atoms with Gasteiger partial charge < -0.3 is 5.32 Å². The summed E-state index contributed by atoms with van der Waals surface area (Å²) in [5.74, 6) is 0.619. The van der Waals surface area contributed by atoms with Gasteiger partial charge in [-0.15, -0.1) is 11.8 Å².